The van der Waals surface area contributed by atoms with Crippen LogP contribution in [0.5, 0.6) is 17.2 Å². The number of hydrogen-bond donors (Lipinski definition) is 1. The summed E-state index contributed by atoms with van der Waals surface area (Å²) in [6, 6.07) is 9.82. The van der Waals surface area contributed by atoms with Crippen molar-refractivity contribution >= 4 is 12.0 Å². The van der Waals surface area contributed by atoms with E-state index in [1.165, 1.54) is 12.0 Å². The molecule has 8 heteroatoms. The molecule has 0 saturated carbocycles. The maximum atomic E-state index is 13.1. The van der Waals surface area contributed by atoms with E-state index in [1.807, 2.05) is 32.0 Å². The van der Waals surface area contributed by atoms with Gasteiger partial charge in [0.15, 0.2) is 0 Å². The van der Waals surface area contributed by atoms with Crippen molar-refractivity contribution in [2.24, 2.45) is 0 Å². The van der Waals surface area contributed by atoms with Crippen LogP contribution in [0.4, 0.5) is 4.79 Å². The van der Waals surface area contributed by atoms with Crippen LogP contribution in [0.25, 0.3) is 0 Å². The zero-order valence-corrected chi connectivity index (χ0v) is 19.9. The van der Waals surface area contributed by atoms with Crippen molar-refractivity contribution in [3.05, 3.63) is 64.4 Å². The fourth-order valence-electron chi connectivity index (χ4n) is 3.70. The van der Waals surface area contributed by atoms with Crippen molar-refractivity contribution in [3.8, 4) is 17.2 Å². The van der Waals surface area contributed by atoms with Gasteiger partial charge in [0.25, 0.3) is 0 Å². The average Bonchev–Trinajstić information content (AvgIpc) is 2.81. The number of benzene rings is 2. The Balaban J connectivity index is 2.11. The Bertz CT molecular complexity index is 1080. The van der Waals surface area contributed by atoms with Gasteiger partial charge < -0.3 is 24.3 Å². The molecule has 0 spiro atoms. The molecule has 1 N–H and O–H groups in total. The van der Waals surface area contributed by atoms with Crippen molar-refractivity contribution in [3.63, 3.8) is 0 Å². The minimum Gasteiger partial charge on any atom is -0.497 e. The molecule has 1 heterocycles. The summed E-state index contributed by atoms with van der Waals surface area (Å²) in [5.74, 6) is 1.21. The maximum absolute atomic E-state index is 13.1. The van der Waals surface area contributed by atoms with Gasteiger partial charge in [-0.3, -0.25) is 4.90 Å². The van der Waals surface area contributed by atoms with E-state index in [0.717, 1.165) is 11.1 Å². The van der Waals surface area contributed by atoms with Crippen LogP contribution in [-0.2, 0) is 9.53 Å². The highest BCUT2D eigenvalue weighted by atomic mass is 16.5. The van der Waals surface area contributed by atoms with Gasteiger partial charge in [0, 0.05) is 18.7 Å². The molecule has 0 saturated heterocycles. The number of methoxy groups -OCH3 is 2. The largest absolute Gasteiger partial charge is 0.497 e. The minimum absolute atomic E-state index is 0.0112. The van der Waals surface area contributed by atoms with Crippen molar-refractivity contribution in [1.29, 1.82) is 0 Å². The number of esters is 1. The molecule has 0 aromatic heterocycles. The van der Waals surface area contributed by atoms with Gasteiger partial charge in [-0.15, -0.1) is 0 Å². The van der Waals surface area contributed by atoms with E-state index in [0.29, 0.717) is 28.5 Å². The molecule has 1 atom stereocenters. The Labute approximate surface area is 194 Å². The fraction of sp³-hybridized carbons (Fsp3) is 0.360. The normalized spacial score (nSPS) is 15.8. The van der Waals surface area contributed by atoms with Crippen LogP contribution in [0.3, 0.4) is 0 Å². The predicted molar refractivity (Wildman–Crippen MR) is 124 cm³/mol. The number of hydrogen-bond acceptors (Lipinski definition) is 6. The molecule has 1 aliphatic rings. The molecule has 0 aliphatic carbocycles. The molecule has 1 aliphatic heterocycles. The third-order valence-corrected chi connectivity index (χ3v) is 5.74. The Morgan fingerprint density at radius 3 is 2.52 bits per heavy atom. The third-order valence-electron chi connectivity index (χ3n) is 5.74. The average molecular weight is 455 g/mol. The van der Waals surface area contributed by atoms with Crippen LogP contribution in [-0.4, -0.2) is 51.4 Å². The number of nitrogens with one attached hydrogen (secondary N) is 1. The van der Waals surface area contributed by atoms with E-state index in [9.17, 15) is 9.59 Å². The number of carbonyl (C=O) groups is 2. The van der Waals surface area contributed by atoms with Gasteiger partial charge in [-0.1, -0.05) is 12.1 Å². The number of carbonyl (C=O) groups excluding carboxylic acids is 2. The summed E-state index contributed by atoms with van der Waals surface area (Å²) in [6.07, 6.45) is 0. The zero-order chi connectivity index (χ0) is 24.1. The van der Waals surface area contributed by atoms with Gasteiger partial charge in [0.2, 0.25) is 0 Å². The van der Waals surface area contributed by atoms with E-state index in [4.69, 9.17) is 18.9 Å². The molecule has 1 unspecified atom stereocenters. The number of ether oxygens (including phenoxy) is 4. The summed E-state index contributed by atoms with van der Waals surface area (Å²) >= 11 is 0. The number of nitrogens with zero attached hydrogens (tertiary/aromatic N) is 1. The SMILES string of the molecule is CCOC(=O)C1=C(COc2cccc(C)c2C)N(C)C(=O)NC1c1ccc(OC)cc1OC. The van der Waals surface area contributed by atoms with Gasteiger partial charge in [-0.05, 0) is 50.1 Å². The van der Waals surface area contributed by atoms with Crippen LogP contribution >= 0.6 is 0 Å². The summed E-state index contributed by atoms with van der Waals surface area (Å²) in [7, 11) is 4.67. The Kier molecular flexibility index (Phi) is 7.48. The highest BCUT2D eigenvalue weighted by Crippen LogP contribution is 2.37. The van der Waals surface area contributed by atoms with Gasteiger partial charge in [-0.25, -0.2) is 9.59 Å². The maximum Gasteiger partial charge on any atom is 0.338 e. The van der Waals surface area contributed by atoms with Crippen LogP contribution in [0.15, 0.2) is 47.7 Å². The van der Waals surface area contributed by atoms with Gasteiger partial charge in [0.1, 0.15) is 23.9 Å². The predicted octanol–water partition coefficient (Wildman–Crippen LogP) is 3.91. The van der Waals surface area contributed by atoms with Crippen LogP contribution in [0.2, 0.25) is 0 Å². The molecule has 2 amide bonds. The van der Waals surface area contributed by atoms with Crippen molar-refractivity contribution in [2.45, 2.75) is 26.8 Å². The molecule has 0 bridgehead atoms. The Hall–Kier alpha value is -3.68. The number of aryl methyl sites for hydroxylation is 1. The van der Waals surface area contributed by atoms with Gasteiger partial charge in [0.05, 0.1) is 38.1 Å². The second kappa shape index (κ2) is 10.3. The molecule has 8 nitrogen and oxygen atoms in total. The van der Waals surface area contributed by atoms with Crippen molar-refractivity contribution in [2.75, 3.05) is 34.5 Å². The van der Waals surface area contributed by atoms with E-state index in [1.54, 1.807) is 39.3 Å². The van der Waals surface area contributed by atoms with Crippen LogP contribution < -0.4 is 19.5 Å². The first-order valence-corrected chi connectivity index (χ1v) is 10.7. The third kappa shape index (κ3) is 4.89. The second-order valence-electron chi connectivity index (χ2n) is 7.62. The summed E-state index contributed by atoms with van der Waals surface area (Å²) in [5, 5.41) is 2.88. The topological polar surface area (TPSA) is 86.3 Å². The lowest BCUT2D eigenvalue weighted by Gasteiger charge is -2.35. The van der Waals surface area contributed by atoms with Crippen molar-refractivity contribution < 1.29 is 28.5 Å². The highest BCUT2D eigenvalue weighted by Gasteiger charge is 2.38. The number of likely N-dealkylation sites (N-methyl/N-ethyl adjacent to an activating group) is 1. The zero-order valence-electron chi connectivity index (χ0n) is 19.9. The molecule has 3 rings (SSSR count). The molecule has 0 fully saturated rings. The number of rotatable bonds is 8. The minimum atomic E-state index is -0.786. The first kappa shape index (κ1) is 24.0. The highest BCUT2D eigenvalue weighted by molar-refractivity contribution is 5.95. The monoisotopic (exact) mass is 454 g/mol. The van der Waals surface area contributed by atoms with E-state index in [2.05, 4.69) is 5.32 Å². The van der Waals surface area contributed by atoms with E-state index in [-0.39, 0.29) is 24.8 Å². The molecular formula is C25H30N2O6. The summed E-state index contributed by atoms with van der Waals surface area (Å²) < 4.78 is 22.3. The van der Waals surface area contributed by atoms with Crippen LogP contribution in [0.1, 0.15) is 29.7 Å². The quantitative estimate of drug-likeness (QED) is 0.609. The van der Waals surface area contributed by atoms with E-state index >= 15 is 0 Å². The fourth-order valence-corrected chi connectivity index (χ4v) is 3.70. The van der Waals surface area contributed by atoms with Gasteiger partial charge >= 0.3 is 12.0 Å². The first-order chi connectivity index (χ1) is 15.8. The van der Waals surface area contributed by atoms with Crippen LogP contribution in [0, 0.1) is 13.8 Å². The van der Waals surface area contributed by atoms with Crippen molar-refractivity contribution in [1.82, 2.24) is 10.2 Å². The molecular weight excluding hydrogens is 424 g/mol. The molecule has 176 valence electrons. The summed E-state index contributed by atoms with van der Waals surface area (Å²) in [4.78, 5) is 27.4. The lowest BCUT2D eigenvalue weighted by atomic mass is 9.93. The summed E-state index contributed by atoms with van der Waals surface area (Å²) in [6.45, 7) is 5.90. The second-order valence-corrected chi connectivity index (χ2v) is 7.62. The smallest absolute Gasteiger partial charge is 0.338 e. The summed E-state index contributed by atoms with van der Waals surface area (Å²) in [5.41, 5.74) is 3.38. The molecule has 33 heavy (non-hydrogen) atoms. The lowest BCUT2D eigenvalue weighted by Crippen LogP contribution is -2.48. The standard InChI is InChI=1S/C25H30N2O6/c1-7-32-24(28)22-19(14-33-20-10-8-9-15(2)16(20)3)27(4)25(29)26-23(22)18-12-11-17(30-5)13-21(18)31-6/h8-13,23H,7,14H2,1-6H3,(H,26,29). The lowest BCUT2D eigenvalue weighted by molar-refractivity contribution is -0.139. The van der Waals surface area contributed by atoms with Gasteiger partial charge in [-0.2, -0.15) is 0 Å². The number of urea groups is 1. The first-order valence-electron chi connectivity index (χ1n) is 10.7. The molecule has 2 aromatic carbocycles. The number of amides is 2. The Morgan fingerprint density at radius 2 is 1.85 bits per heavy atom. The Morgan fingerprint density at radius 1 is 1.09 bits per heavy atom. The molecule has 0 radical (unpaired) electrons. The molecule has 2 aromatic rings. The van der Waals surface area contributed by atoms with E-state index < -0.39 is 12.0 Å².